The number of fused-ring (bicyclic) bond motifs is 1. The van der Waals surface area contributed by atoms with Gasteiger partial charge in [0, 0.05) is 43.6 Å². The third-order valence-electron chi connectivity index (χ3n) is 5.28. The van der Waals surface area contributed by atoms with E-state index in [0.29, 0.717) is 32.2 Å². The standard InChI is InChI=1S/C22H27N3O3/c1-16(2)18-5-3-4-6-19(18)23-22(26)25-11-9-24(10-12-25)17-7-8-20-21(15-17)28-14-13-27-20/h3-8,15-16H,9-14H2,1-2H3,(H,23,26). The Bertz CT molecular complexity index is 845. The zero-order valence-corrected chi connectivity index (χ0v) is 16.5. The van der Waals surface area contributed by atoms with E-state index >= 15 is 0 Å². The maximum atomic E-state index is 12.7. The number of hydrogen-bond acceptors (Lipinski definition) is 4. The highest BCUT2D eigenvalue weighted by atomic mass is 16.6. The molecule has 2 aromatic rings. The molecule has 2 aliphatic rings. The molecule has 0 aliphatic carbocycles. The van der Waals surface area contributed by atoms with Gasteiger partial charge in [-0.1, -0.05) is 32.0 Å². The van der Waals surface area contributed by atoms with Crippen LogP contribution in [0.15, 0.2) is 42.5 Å². The first-order valence-corrected chi connectivity index (χ1v) is 9.91. The summed E-state index contributed by atoms with van der Waals surface area (Å²) in [4.78, 5) is 16.9. The first-order chi connectivity index (χ1) is 13.6. The molecule has 1 N–H and O–H groups in total. The fourth-order valence-electron chi connectivity index (χ4n) is 3.71. The van der Waals surface area contributed by atoms with Crippen LogP contribution in [0.1, 0.15) is 25.3 Å². The Morgan fingerprint density at radius 3 is 2.43 bits per heavy atom. The summed E-state index contributed by atoms with van der Waals surface area (Å²) in [5.74, 6) is 1.97. The van der Waals surface area contributed by atoms with Crippen LogP contribution in [0, 0.1) is 0 Å². The van der Waals surface area contributed by atoms with Crippen molar-refractivity contribution < 1.29 is 14.3 Å². The monoisotopic (exact) mass is 381 g/mol. The number of amides is 2. The molecule has 6 nitrogen and oxygen atoms in total. The second-order valence-corrected chi connectivity index (χ2v) is 7.47. The normalized spacial score (nSPS) is 16.2. The summed E-state index contributed by atoms with van der Waals surface area (Å²) >= 11 is 0. The zero-order chi connectivity index (χ0) is 19.5. The molecule has 0 spiro atoms. The molecule has 0 bridgehead atoms. The van der Waals surface area contributed by atoms with Crippen LogP contribution in [0.3, 0.4) is 0 Å². The van der Waals surface area contributed by atoms with E-state index in [9.17, 15) is 4.79 Å². The lowest BCUT2D eigenvalue weighted by Gasteiger charge is -2.36. The van der Waals surface area contributed by atoms with E-state index in [0.717, 1.165) is 41.5 Å². The molecule has 2 amide bonds. The number of nitrogens with zero attached hydrogens (tertiary/aromatic N) is 2. The highest BCUT2D eigenvalue weighted by Crippen LogP contribution is 2.34. The van der Waals surface area contributed by atoms with E-state index in [1.165, 1.54) is 0 Å². The minimum Gasteiger partial charge on any atom is -0.486 e. The molecule has 2 aromatic carbocycles. The lowest BCUT2D eigenvalue weighted by Crippen LogP contribution is -2.50. The molecule has 0 atom stereocenters. The van der Waals surface area contributed by atoms with Crippen molar-refractivity contribution in [1.29, 1.82) is 0 Å². The molecular formula is C22H27N3O3. The number of ether oxygens (including phenoxy) is 2. The number of anilines is 2. The van der Waals surface area contributed by atoms with Crippen molar-refractivity contribution in [3.63, 3.8) is 0 Å². The van der Waals surface area contributed by atoms with Crippen molar-refractivity contribution in [2.45, 2.75) is 19.8 Å². The summed E-state index contributed by atoms with van der Waals surface area (Å²) in [7, 11) is 0. The van der Waals surface area contributed by atoms with E-state index in [4.69, 9.17) is 9.47 Å². The van der Waals surface area contributed by atoms with Crippen LogP contribution in [-0.4, -0.2) is 50.3 Å². The van der Waals surface area contributed by atoms with Crippen molar-refractivity contribution in [2.24, 2.45) is 0 Å². The second kappa shape index (κ2) is 8.00. The third kappa shape index (κ3) is 3.86. The van der Waals surface area contributed by atoms with Gasteiger partial charge < -0.3 is 24.6 Å². The molecule has 1 saturated heterocycles. The maximum Gasteiger partial charge on any atom is 0.321 e. The molecule has 0 radical (unpaired) electrons. The van der Waals surface area contributed by atoms with Crippen molar-refractivity contribution in [2.75, 3.05) is 49.6 Å². The SMILES string of the molecule is CC(C)c1ccccc1NC(=O)N1CCN(c2ccc3c(c2)OCCO3)CC1. The van der Waals surface area contributed by atoms with Crippen LogP contribution in [0.2, 0.25) is 0 Å². The Morgan fingerprint density at radius 1 is 0.964 bits per heavy atom. The lowest BCUT2D eigenvalue weighted by molar-refractivity contribution is 0.171. The molecule has 0 saturated carbocycles. The van der Waals surface area contributed by atoms with Crippen LogP contribution in [-0.2, 0) is 0 Å². The highest BCUT2D eigenvalue weighted by Gasteiger charge is 2.23. The first kappa shape index (κ1) is 18.5. The number of urea groups is 1. The molecule has 4 rings (SSSR count). The molecule has 28 heavy (non-hydrogen) atoms. The van der Waals surface area contributed by atoms with Gasteiger partial charge in [-0.3, -0.25) is 0 Å². The zero-order valence-electron chi connectivity index (χ0n) is 16.5. The van der Waals surface area contributed by atoms with Crippen molar-refractivity contribution in [3.8, 4) is 11.5 Å². The van der Waals surface area contributed by atoms with Crippen molar-refractivity contribution in [1.82, 2.24) is 4.90 Å². The smallest absolute Gasteiger partial charge is 0.321 e. The van der Waals surface area contributed by atoms with E-state index in [-0.39, 0.29) is 6.03 Å². The Kier molecular flexibility index (Phi) is 5.28. The summed E-state index contributed by atoms with van der Waals surface area (Å²) in [5, 5.41) is 3.09. The highest BCUT2D eigenvalue weighted by molar-refractivity contribution is 5.90. The molecule has 6 heteroatoms. The average molecular weight is 381 g/mol. The molecule has 0 aromatic heterocycles. The Balaban J connectivity index is 1.37. The summed E-state index contributed by atoms with van der Waals surface area (Å²) in [6.07, 6.45) is 0. The van der Waals surface area contributed by atoms with Gasteiger partial charge >= 0.3 is 6.03 Å². The molecule has 1 fully saturated rings. The van der Waals surface area contributed by atoms with Gasteiger partial charge in [-0.15, -0.1) is 0 Å². The molecule has 2 aliphatic heterocycles. The van der Waals surface area contributed by atoms with Crippen LogP contribution < -0.4 is 19.7 Å². The first-order valence-electron chi connectivity index (χ1n) is 9.91. The largest absolute Gasteiger partial charge is 0.486 e. The number of rotatable bonds is 3. The summed E-state index contributed by atoms with van der Waals surface area (Å²) in [5.41, 5.74) is 3.16. The van der Waals surface area contributed by atoms with Crippen molar-refractivity contribution in [3.05, 3.63) is 48.0 Å². The number of carbonyl (C=O) groups is 1. The molecule has 0 unspecified atom stereocenters. The average Bonchev–Trinajstić information content (AvgIpc) is 2.73. The van der Waals surface area contributed by atoms with Gasteiger partial charge in [-0.25, -0.2) is 4.79 Å². The number of carbonyl (C=O) groups excluding carboxylic acids is 1. The number of piperazine rings is 1. The van der Waals surface area contributed by atoms with Crippen LogP contribution in [0.4, 0.5) is 16.2 Å². The summed E-state index contributed by atoms with van der Waals surface area (Å²) < 4.78 is 11.3. The van der Waals surface area contributed by atoms with Crippen LogP contribution in [0.25, 0.3) is 0 Å². The predicted octanol–water partition coefficient (Wildman–Crippen LogP) is 3.94. The van der Waals surface area contributed by atoms with Crippen molar-refractivity contribution >= 4 is 17.4 Å². The Labute approximate surface area is 166 Å². The summed E-state index contributed by atoms with van der Waals surface area (Å²) in [6, 6.07) is 14.0. The minimum atomic E-state index is -0.0325. The molecule has 2 heterocycles. The third-order valence-corrected chi connectivity index (χ3v) is 5.28. The Morgan fingerprint density at radius 2 is 1.68 bits per heavy atom. The van der Waals surface area contributed by atoms with Gasteiger partial charge in [0.1, 0.15) is 13.2 Å². The fourth-order valence-corrected chi connectivity index (χ4v) is 3.71. The Hall–Kier alpha value is -2.89. The second-order valence-electron chi connectivity index (χ2n) is 7.47. The fraction of sp³-hybridized carbons (Fsp3) is 0.409. The van der Waals surface area contributed by atoms with Gasteiger partial charge in [0.05, 0.1) is 0 Å². The number of nitrogens with one attached hydrogen (secondary N) is 1. The number of benzene rings is 2. The van der Waals surface area contributed by atoms with E-state index < -0.39 is 0 Å². The van der Waals surface area contributed by atoms with Gasteiger partial charge in [-0.2, -0.15) is 0 Å². The minimum absolute atomic E-state index is 0.0325. The molecule has 148 valence electrons. The van der Waals surface area contributed by atoms with Gasteiger partial charge in [0.15, 0.2) is 11.5 Å². The maximum absolute atomic E-state index is 12.7. The quantitative estimate of drug-likeness (QED) is 0.875. The number of para-hydroxylation sites is 1. The van der Waals surface area contributed by atoms with Gasteiger partial charge in [-0.05, 0) is 29.7 Å². The van der Waals surface area contributed by atoms with E-state index in [1.807, 2.05) is 35.2 Å². The van der Waals surface area contributed by atoms with Gasteiger partial charge in [0.2, 0.25) is 0 Å². The van der Waals surface area contributed by atoms with Crippen LogP contribution in [0.5, 0.6) is 11.5 Å². The van der Waals surface area contributed by atoms with E-state index in [1.54, 1.807) is 0 Å². The lowest BCUT2D eigenvalue weighted by atomic mass is 10.0. The predicted molar refractivity (Wildman–Crippen MR) is 111 cm³/mol. The van der Waals surface area contributed by atoms with E-state index in [2.05, 4.69) is 36.2 Å². The summed E-state index contributed by atoms with van der Waals surface area (Å²) in [6.45, 7) is 8.41. The van der Waals surface area contributed by atoms with Crippen LogP contribution >= 0.6 is 0 Å². The van der Waals surface area contributed by atoms with Gasteiger partial charge in [0.25, 0.3) is 0 Å². The topological polar surface area (TPSA) is 54.0 Å². The number of hydrogen-bond donors (Lipinski definition) is 1. The molecular weight excluding hydrogens is 354 g/mol.